The Hall–Kier alpha value is -0.240. The van der Waals surface area contributed by atoms with Gasteiger partial charge in [-0.1, -0.05) is 6.42 Å². The maximum atomic E-state index is 9.92. The van der Waals surface area contributed by atoms with Crippen LogP contribution in [0.4, 0.5) is 0 Å². The maximum Gasteiger partial charge on any atom is 0.169 e. The highest BCUT2D eigenvalue weighted by molar-refractivity contribution is 5.04. The highest BCUT2D eigenvalue weighted by Crippen LogP contribution is 2.44. The van der Waals surface area contributed by atoms with E-state index in [9.17, 15) is 20.4 Å². The minimum Gasteiger partial charge on any atom is -0.387 e. The lowest BCUT2D eigenvalue weighted by atomic mass is 9.85. The molecule has 0 amide bonds. The molecule has 6 atom stereocenters. The van der Waals surface area contributed by atoms with Crippen LogP contribution in [-0.2, 0) is 9.47 Å². The van der Waals surface area contributed by atoms with Crippen molar-refractivity contribution in [3.8, 4) is 0 Å². The summed E-state index contributed by atoms with van der Waals surface area (Å²) in [5, 5.41) is 39.2. The first-order valence-corrected chi connectivity index (χ1v) is 6.62. The van der Waals surface area contributed by atoms with Crippen LogP contribution in [0.5, 0.6) is 0 Å². The van der Waals surface area contributed by atoms with Crippen LogP contribution in [-0.4, -0.2) is 62.8 Å². The third kappa shape index (κ3) is 1.79. The van der Waals surface area contributed by atoms with E-state index in [0.29, 0.717) is 0 Å². The Labute approximate surface area is 105 Å². The van der Waals surface area contributed by atoms with Gasteiger partial charge in [0.25, 0.3) is 0 Å². The highest BCUT2D eigenvalue weighted by Gasteiger charge is 2.59. The summed E-state index contributed by atoms with van der Waals surface area (Å²) in [7, 11) is 0. The van der Waals surface area contributed by atoms with Crippen molar-refractivity contribution in [3.63, 3.8) is 0 Å². The molecule has 0 aromatic carbocycles. The molecule has 6 heteroatoms. The molecule has 1 heterocycles. The first-order valence-electron chi connectivity index (χ1n) is 6.62. The topological polar surface area (TPSA) is 99.4 Å². The van der Waals surface area contributed by atoms with Gasteiger partial charge in [-0.2, -0.15) is 0 Å². The molecule has 18 heavy (non-hydrogen) atoms. The minimum absolute atomic E-state index is 0.728. The van der Waals surface area contributed by atoms with E-state index in [1.807, 2.05) is 0 Å². The van der Waals surface area contributed by atoms with Gasteiger partial charge < -0.3 is 29.9 Å². The molecule has 6 nitrogen and oxygen atoms in total. The van der Waals surface area contributed by atoms with E-state index in [0.717, 1.165) is 32.1 Å². The molecule has 0 aromatic heterocycles. The van der Waals surface area contributed by atoms with Crippen LogP contribution in [0.2, 0.25) is 0 Å². The molecule has 3 rings (SSSR count). The summed E-state index contributed by atoms with van der Waals surface area (Å²) in [4.78, 5) is 0. The summed E-state index contributed by atoms with van der Waals surface area (Å²) in [5.41, 5.74) is 0. The summed E-state index contributed by atoms with van der Waals surface area (Å²) in [6.07, 6.45) is -2.24. The average Bonchev–Trinajstić information content (AvgIpc) is 2.74. The smallest absolute Gasteiger partial charge is 0.169 e. The second-order valence-electron chi connectivity index (χ2n) is 5.60. The summed E-state index contributed by atoms with van der Waals surface area (Å²) in [5.74, 6) is -0.751. The van der Waals surface area contributed by atoms with Crippen molar-refractivity contribution in [3.05, 3.63) is 0 Å². The fraction of sp³-hybridized carbons (Fsp3) is 1.00. The summed E-state index contributed by atoms with van der Waals surface area (Å²) >= 11 is 0. The number of ether oxygens (including phenoxy) is 2. The van der Waals surface area contributed by atoms with Crippen LogP contribution in [0.3, 0.4) is 0 Å². The van der Waals surface area contributed by atoms with E-state index in [4.69, 9.17) is 9.47 Å². The lowest BCUT2D eigenvalue weighted by Crippen LogP contribution is -2.62. The van der Waals surface area contributed by atoms with Gasteiger partial charge in [0.15, 0.2) is 5.79 Å². The molecule has 1 spiro atoms. The molecular weight excluding hydrogens is 240 g/mol. The largest absolute Gasteiger partial charge is 0.387 e. The predicted molar refractivity (Wildman–Crippen MR) is 59.6 cm³/mol. The zero-order valence-corrected chi connectivity index (χ0v) is 10.1. The minimum atomic E-state index is -1.40. The van der Waals surface area contributed by atoms with Gasteiger partial charge in [0.2, 0.25) is 0 Å². The molecule has 0 radical (unpaired) electrons. The van der Waals surface area contributed by atoms with E-state index in [-0.39, 0.29) is 0 Å². The molecular formula is C12H20O6. The quantitative estimate of drug-likeness (QED) is 0.441. The van der Waals surface area contributed by atoms with Gasteiger partial charge in [0.1, 0.15) is 36.6 Å². The van der Waals surface area contributed by atoms with E-state index in [1.165, 1.54) is 0 Å². The normalized spacial score (nSPS) is 51.3. The zero-order valence-electron chi connectivity index (χ0n) is 10.1. The number of hydrogen-bond donors (Lipinski definition) is 4. The fourth-order valence-corrected chi connectivity index (χ4v) is 3.30. The first-order chi connectivity index (χ1) is 8.54. The van der Waals surface area contributed by atoms with Crippen molar-refractivity contribution in [2.45, 2.75) is 74.5 Å². The number of aliphatic hydroxyl groups excluding tert-OH is 4. The summed E-state index contributed by atoms with van der Waals surface area (Å²) in [6, 6.07) is 0. The molecule has 4 N–H and O–H groups in total. The Morgan fingerprint density at radius 1 is 0.667 bits per heavy atom. The molecule has 3 aliphatic rings. The lowest BCUT2D eigenvalue weighted by Gasteiger charge is -2.38. The van der Waals surface area contributed by atoms with Crippen molar-refractivity contribution in [1.29, 1.82) is 0 Å². The molecule has 1 aliphatic heterocycles. The molecule has 1 saturated heterocycles. The Kier molecular flexibility index (Phi) is 3.12. The lowest BCUT2D eigenvalue weighted by molar-refractivity contribution is -0.203. The summed E-state index contributed by atoms with van der Waals surface area (Å²) in [6.45, 7) is 0. The van der Waals surface area contributed by atoms with Crippen molar-refractivity contribution >= 4 is 0 Å². The molecule has 2 aliphatic carbocycles. The van der Waals surface area contributed by atoms with Crippen LogP contribution in [0.1, 0.15) is 32.1 Å². The first kappa shape index (κ1) is 12.8. The number of fused-ring (bicyclic) bond motifs is 1. The van der Waals surface area contributed by atoms with Crippen LogP contribution >= 0.6 is 0 Å². The monoisotopic (exact) mass is 260 g/mol. The Morgan fingerprint density at radius 3 is 1.56 bits per heavy atom. The Morgan fingerprint density at radius 2 is 1.11 bits per heavy atom. The molecule has 3 fully saturated rings. The van der Waals surface area contributed by atoms with Gasteiger partial charge in [-0.05, 0) is 12.8 Å². The van der Waals surface area contributed by atoms with Crippen LogP contribution < -0.4 is 0 Å². The maximum absolute atomic E-state index is 9.92. The average molecular weight is 260 g/mol. The van der Waals surface area contributed by atoms with Gasteiger partial charge in [0.05, 0.1) is 0 Å². The molecule has 2 saturated carbocycles. The van der Waals surface area contributed by atoms with Gasteiger partial charge in [0, 0.05) is 12.8 Å². The fourth-order valence-electron chi connectivity index (χ4n) is 3.30. The van der Waals surface area contributed by atoms with Gasteiger partial charge >= 0.3 is 0 Å². The highest BCUT2D eigenvalue weighted by atomic mass is 16.8. The number of rotatable bonds is 0. The molecule has 104 valence electrons. The third-order valence-electron chi connectivity index (χ3n) is 4.36. The SMILES string of the molecule is OC1C(O)C(O)[C@@H]2OC3(CCCCC3)O[C@@H]2C1O. The molecule has 4 unspecified atom stereocenters. The molecule has 0 bridgehead atoms. The van der Waals surface area contributed by atoms with Crippen LogP contribution in [0.25, 0.3) is 0 Å². The van der Waals surface area contributed by atoms with E-state index in [2.05, 4.69) is 0 Å². The van der Waals surface area contributed by atoms with Crippen molar-refractivity contribution in [2.75, 3.05) is 0 Å². The van der Waals surface area contributed by atoms with E-state index in [1.54, 1.807) is 0 Å². The number of aliphatic hydroxyl groups is 4. The van der Waals surface area contributed by atoms with E-state index >= 15 is 0 Å². The zero-order chi connectivity index (χ0) is 12.9. The van der Waals surface area contributed by atoms with Gasteiger partial charge in [-0.3, -0.25) is 0 Å². The number of hydrogen-bond acceptors (Lipinski definition) is 6. The Balaban J connectivity index is 1.82. The standard InChI is InChI=1S/C12H20O6/c13-6-7(14)9(16)11-10(8(6)15)17-12(18-11)4-2-1-3-5-12/h6-11,13-16H,1-5H2/t6?,7?,8?,9?,10-,11+. The molecule has 0 aromatic rings. The third-order valence-corrected chi connectivity index (χ3v) is 4.36. The second-order valence-corrected chi connectivity index (χ2v) is 5.60. The predicted octanol–water partition coefficient (Wildman–Crippen LogP) is -1.11. The van der Waals surface area contributed by atoms with Crippen molar-refractivity contribution in [1.82, 2.24) is 0 Å². The van der Waals surface area contributed by atoms with Crippen molar-refractivity contribution in [2.24, 2.45) is 0 Å². The second kappa shape index (κ2) is 4.40. The van der Waals surface area contributed by atoms with E-state index < -0.39 is 42.4 Å². The van der Waals surface area contributed by atoms with Gasteiger partial charge in [-0.15, -0.1) is 0 Å². The van der Waals surface area contributed by atoms with Crippen LogP contribution in [0.15, 0.2) is 0 Å². The summed E-state index contributed by atoms with van der Waals surface area (Å²) < 4.78 is 11.6. The Bertz CT molecular complexity index is 292. The van der Waals surface area contributed by atoms with Crippen LogP contribution in [0, 0.1) is 0 Å². The van der Waals surface area contributed by atoms with Crippen molar-refractivity contribution < 1.29 is 29.9 Å². The van der Waals surface area contributed by atoms with Gasteiger partial charge in [-0.25, -0.2) is 0 Å².